The molecule has 1 aliphatic carbocycles. The van der Waals surface area contributed by atoms with Gasteiger partial charge in [0.1, 0.15) is 5.69 Å². The summed E-state index contributed by atoms with van der Waals surface area (Å²) in [7, 11) is 2.00. The van der Waals surface area contributed by atoms with Crippen LogP contribution in [0.25, 0.3) is 0 Å². The number of carbonyl (C=O) groups excluding carboxylic acids is 1. The Morgan fingerprint density at radius 1 is 1.15 bits per heavy atom. The van der Waals surface area contributed by atoms with Gasteiger partial charge >= 0.3 is 0 Å². The molecule has 1 fully saturated rings. The van der Waals surface area contributed by atoms with Crippen molar-refractivity contribution in [1.29, 1.82) is 0 Å². The second-order valence-corrected chi connectivity index (χ2v) is 9.23. The van der Waals surface area contributed by atoms with Crippen LogP contribution in [0.3, 0.4) is 0 Å². The van der Waals surface area contributed by atoms with Crippen LogP contribution in [0.5, 0.6) is 0 Å². The lowest BCUT2D eigenvalue weighted by Crippen LogP contribution is -2.36. The SMILES string of the molecule is Cc1c(SN2CCC(C)CC2)cc(C(=O)NC2Cc3ccccc3C2)n1C. The molecule has 0 unspecified atom stereocenters. The minimum atomic E-state index is 0.0394. The fourth-order valence-corrected chi connectivity index (χ4v) is 5.22. The van der Waals surface area contributed by atoms with Gasteiger partial charge in [-0.05, 0) is 67.7 Å². The summed E-state index contributed by atoms with van der Waals surface area (Å²) in [5.41, 5.74) is 4.65. The second kappa shape index (κ2) is 7.72. The summed E-state index contributed by atoms with van der Waals surface area (Å²) in [5.74, 6) is 0.869. The second-order valence-electron chi connectivity index (χ2n) is 8.09. The Kier molecular flexibility index (Phi) is 5.33. The molecule has 1 saturated heterocycles. The van der Waals surface area contributed by atoms with Gasteiger partial charge in [0.05, 0.1) is 0 Å². The molecule has 27 heavy (non-hydrogen) atoms. The average molecular weight is 384 g/mol. The Morgan fingerprint density at radius 3 is 2.41 bits per heavy atom. The highest BCUT2D eigenvalue weighted by Gasteiger charge is 2.25. The van der Waals surface area contributed by atoms with Crippen molar-refractivity contribution >= 4 is 17.9 Å². The number of rotatable bonds is 4. The van der Waals surface area contributed by atoms with E-state index in [0.29, 0.717) is 0 Å². The fraction of sp³-hybridized carbons (Fsp3) is 0.500. The van der Waals surface area contributed by atoms with Crippen LogP contribution < -0.4 is 5.32 Å². The molecule has 1 amide bonds. The van der Waals surface area contributed by atoms with Gasteiger partial charge in [0, 0.05) is 36.8 Å². The number of benzene rings is 1. The molecule has 4 nitrogen and oxygen atoms in total. The molecule has 1 aromatic heterocycles. The minimum Gasteiger partial charge on any atom is -0.347 e. The highest BCUT2D eigenvalue weighted by atomic mass is 32.2. The molecular formula is C22H29N3OS. The van der Waals surface area contributed by atoms with Gasteiger partial charge in [-0.15, -0.1) is 0 Å². The molecule has 4 rings (SSSR count). The zero-order valence-electron chi connectivity index (χ0n) is 16.5. The topological polar surface area (TPSA) is 37.3 Å². The van der Waals surface area contributed by atoms with Crippen LogP contribution >= 0.6 is 11.9 Å². The number of hydrogen-bond acceptors (Lipinski definition) is 3. The molecule has 144 valence electrons. The summed E-state index contributed by atoms with van der Waals surface area (Å²) in [4.78, 5) is 14.1. The molecular weight excluding hydrogens is 354 g/mol. The number of fused-ring (bicyclic) bond motifs is 1. The van der Waals surface area contributed by atoms with Gasteiger partial charge < -0.3 is 9.88 Å². The number of amides is 1. The fourth-order valence-electron chi connectivity index (χ4n) is 4.12. The first-order chi connectivity index (χ1) is 13.0. The highest BCUT2D eigenvalue weighted by Crippen LogP contribution is 2.32. The summed E-state index contributed by atoms with van der Waals surface area (Å²) in [5, 5.41) is 3.25. The maximum atomic E-state index is 12.9. The van der Waals surface area contributed by atoms with E-state index in [4.69, 9.17) is 0 Å². The lowest BCUT2D eigenvalue weighted by atomic mass is 10.0. The minimum absolute atomic E-state index is 0.0394. The zero-order chi connectivity index (χ0) is 19.0. The number of nitrogens with zero attached hydrogens (tertiary/aromatic N) is 2. The molecule has 0 saturated carbocycles. The highest BCUT2D eigenvalue weighted by molar-refractivity contribution is 7.97. The van der Waals surface area contributed by atoms with Crippen molar-refractivity contribution in [3.8, 4) is 0 Å². The summed E-state index contributed by atoms with van der Waals surface area (Å²) in [6.07, 6.45) is 4.38. The summed E-state index contributed by atoms with van der Waals surface area (Å²) in [6, 6.07) is 10.8. The van der Waals surface area contributed by atoms with E-state index in [1.54, 1.807) is 0 Å². The van der Waals surface area contributed by atoms with E-state index in [-0.39, 0.29) is 11.9 Å². The number of hydrogen-bond donors (Lipinski definition) is 1. The summed E-state index contributed by atoms with van der Waals surface area (Å²) >= 11 is 1.81. The molecule has 2 heterocycles. The van der Waals surface area contributed by atoms with E-state index in [1.165, 1.54) is 34.6 Å². The Morgan fingerprint density at radius 2 is 1.78 bits per heavy atom. The summed E-state index contributed by atoms with van der Waals surface area (Å²) < 4.78 is 4.48. The van der Waals surface area contributed by atoms with Crippen molar-refractivity contribution in [2.45, 2.75) is 50.5 Å². The van der Waals surface area contributed by atoms with E-state index >= 15 is 0 Å². The smallest absolute Gasteiger partial charge is 0.268 e. The molecule has 1 aliphatic heterocycles. The van der Waals surface area contributed by atoms with Crippen LogP contribution in [-0.4, -0.2) is 33.9 Å². The largest absolute Gasteiger partial charge is 0.347 e. The van der Waals surface area contributed by atoms with Gasteiger partial charge in [0.2, 0.25) is 0 Å². The average Bonchev–Trinajstić information content (AvgIpc) is 3.19. The van der Waals surface area contributed by atoms with Crippen LogP contribution in [0.15, 0.2) is 35.2 Å². The Labute approximate surface area is 166 Å². The van der Waals surface area contributed by atoms with E-state index in [9.17, 15) is 4.79 Å². The third-order valence-electron chi connectivity index (χ3n) is 6.08. The number of piperidine rings is 1. The molecule has 0 atom stereocenters. The third-order valence-corrected chi connectivity index (χ3v) is 7.31. The van der Waals surface area contributed by atoms with Crippen LogP contribution in [-0.2, 0) is 19.9 Å². The van der Waals surface area contributed by atoms with Gasteiger partial charge in [-0.1, -0.05) is 31.2 Å². The first kappa shape index (κ1) is 18.6. The quantitative estimate of drug-likeness (QED) is 0.812. The molecule has 1 N–H and O–H groups in total. The van der Waals surface area contributed by atoms with Crippen LogP contribution in [0.1, 0.15) is 47.1 Å². The number of aromatic nitrogens is 1. The van der Waals surface area contributed by atoms with Crippen LogP contribution in [0.2, 0.25) is 0 Å². The first-order valence-electron chi connectivity index (χ1n) is 9.98. The van der Waals surface area contributed by atoms with Gasteiger partial charge in [0.25, 0.3) is 5.91 Å². The van der Waals surface area contributed by atoms with E-state index < -0.39 is 0 Å². The van der Waals surface area contributed by atoms with Crippen molar-refractivity contribution in [2.75, 3.05) is 13.1 Å². The zero-order valence-corrected chi connectivity index (χ0v) is 17.3. The Balaban J connectivity index is 1.42. The van der Waals surface area contributed by atoms with E-state index in [2.05, 4.69) is 53.8 Å². The van der Waals surface area contributed by atoms with E-state index in [1.807, 2.05) is 23.6 Å². The van der Waals surface area contributed by atoms with Gasteiger partial charge in [-0.2, -0.15) is 0 Å². The van der Waals surface area contributed by atoms with Gasteiger partial charge in [0.15, 0.2) is 0 Å². The molecule has 0 bridgehead atoms. The normalized spacial score (nSPS) is 18.6. The maximum Gasteiger partial charge on any atom is 0.268 e. The molecule has 1 aromatic carbocycles. The Bertz CT molecular complexity index is 811. The number of nitrogens with one attached hydrogen (secondary N) is 1. The molecule has 2 aliphatic rings. The van der Waals surface area contributed by atoms with Crippen molar-refractivity contribution < 1.29 is 4.79 Å². The maximum absolute atomic E-state index is 12.9. The monoisotopic (exact) mass is 383 g/mol. The predicted octanol–water partition coefficient (Wildman–Crippen LogP) is 3.97. The van der Waals surface area contributed by atoms with Crippen molar-refractivity contribution in [2.24, 2.45) is 13.0 Å². The van der Waals surface area contributed by atoms with Gasteiger partial charge in [-0.3, -0.25) is 4.79 Å². The first-order valence-corrected chi connectivity index (χ1v) is 10.8. The van der Waals surface area contributed by atoms with Crippen LogP contribution in [0.4, 0.5) is 0 Å². The van der Waals surface area contributed by atoms with Crippen LogP contribution in [0, 0.1) is 12.8 Å². The Hall–Kier alpha value is -1.72. The third kappa shape index (κ3) is 3.94. The van der Waals surface area contributed by atoms with E-state index in [0.717, 1.165) is 37.5 Å². The van der Waals surface area contributed by atoms with Crippen molar-refractivity contribution in [3.63, 3.8) is 0 Å². The standard InChI is InChI=1S/C22H29N3OS/c1-15-8-10-25(11-9-15)27-21-14-20(24(3)16(21)2)22(26)23-19-12-17-6-4-5-7-18(17)13-19/h4-7,14-15,19H,8-13H2,1-3H3,(H,23,26). The summed E-state index contributed by atoms with van der Waals surface area (Å²) in [6.45, 7) is 6.70. The molecule has 0 radical (unpaired) electrons. The van der Waals surface area contributed by atoms with Crippen molar-refractivity contribution in [3.05, 3.63) is 52.8 Å². The predicted molar refractivity (Wildman–Crippen MR) is 111 cm³/mol. The molecule has 5 heteroatoms. The molecule has 0 spiro atoms. The lowest BCUT2D eigenvalue weighted by molar-refractivity contribution is 0.0930. The van der Waals surface area contributed by atoms with Crippen molar-refractivity contribution in [1.82, 2.24) is 14.2 Å². The number of carbonyl (C=O) groups is 1. The van der Waals surface area contributed by atoms with Gasteiger partial charge in [-0.25, -0.2) is 4.31 Å². The lowest BCUT2D eigenvalue weighted by Gasteiger charge is -2.28. The molecule has 2 aromatic rings.